The summed E-state index contributed by atoms with van der Waals surface area (Å²) in [6.07, 6.45) is 0. The Balaban J connectivity index is 2.45. The van der Waals surface area contributed by atoms with E-state index in [1.54, 1.807) is 0 Å². The van der Waals surface area contributed by atoms with Gasteiger partial charge in [-0.2, -0.15) is 0 Å². The van der Waals surface area contributed by atoms with Gasteiger partial charge in [0, 0.05) is 6.54 Å². The van der Waals surface area contributed by atoms with Gasteiger partial charge in [0.05, 0.1) is 32.4 Å². The summed E-state index contributed by atoms with van der Waals surface area (Å²) in [5.74, 6) is 0.153. The maximum absolute atomic E-state index is 8.98. The van der Waals surface area contributed by atoms with E-state index in [2.05, 4.69) is 5.16 Å². The predicted octanol–water partition coefficient (Wildman–Crippen LogP) is -1.57. The number of aliphatic hydroxyl groups excluding tert-OH is 1. The van der Waals surface area contributed by atoms with E-state index in [1.807, 2.05) is 4.90 Å². The van der Waals surface area contributed by atoms with E-state index in [-0.39, 0.29) is 18.5 Å². The largest absolute Gasteiger partial charge is 0.409 e. The van der Waals surface area contributed by atoms with Gasteiger partial charge in [-0.05, 0) is 0 Å². The Morgan fingerprint density at radius 2 is 2.46 bits per heavy atom. The van der Waals surface area contributed by atoms with Gasteiger partial charge < -0.3 is 20.8 Å². The number of hydrogen-bond donors (Lipinski definition) is 3. The smallest absolute Gasteiger partial charge is 0.153 e. The predicted molar refractivity (Wildman–Crippen MR) is 46.7 cm³/mol. The van der Waals surface area contributed by atoms with Crippen molar-refractivity contribution in [2.24, 2.45) is 10.9 Å². The Bertz CT molecular complexity index is 186. The first kappa shape index (κ1) is 10.2. The van der Waals surface area contributed by atoms with Crippen molar-refractivity contribution in [1.29, 1.82) is 0 Å². The number of rotatable bonds is 3. The van der Waals surface area contributed by atoms with Crippen molar-refractivity contribution in [3.63, 3.8) is 0 Å². The van der Waals surface area contributed by atoms with Gasteiger partial charge in [-0.15, -0.1) is 0 Å². The topological polar surface area (TPSA) is 91.3 Å². The Morgan fingerprint density at radius 1 is 1.69 bits per heavy atom. The number of amidine groups is 1. The van der Waals surface area contributed by atoms with Gasteiger partial charge in [0.1, 0.15) is 0 Å². The minimum Gasteiger partial charge on any atom is -0.409 e. The number of hydrogen-bond acceptors (Lipinski definition) is 5. The minimum atomic E-state index is -0.0472. The van der Waals surface area contributed by atoms with Crippen LogP contribution in [0.1, 0.15) is 0 Å². The molecule has 76 valence electrons. The first-order valence-electron chi connectivity index (χ1n) is 4.17. The van der Waals surface area contributed by atoms with Crippen LogP contribution in [0.3, 0.4) is 0 Å². The maximum atomic E-state index is 8.98. The summed E-state index contributed by atoms with van der Waals surface area (Å²) < 4.78 is 5.17. The number of nitrogens with two attached hydrogens (primary N) is 1. The first-order valence-corrected chi connectivity index (χ1v) is 4.17. The maximum Gasteiger partial charge on any atom is 0.153 e. The molecule has 0 aromatic rings. The van der Waals surface area contributed by atoms with E-state index in [1.165, 1.54) is 0 Å². The summed E-state index contributed by atoms with van der Waals surface area (Å²) in [7, 11) is 0. The summed E-state index contributed by atoms with van der Waals surface area (Å²) in [6, 6.07) is -0.0472. The fraction of sp³-hybridized carbons (Fsp3) is 0.857. The van der Waals surface area contributed by atoms with Crippen molar-refractivity contribution in [2.75, 3.05) is 32.9 Å². The normalized spacial score (nSPS) is 26.2. The van der Waals surface area contributed by atoms with Crippen LogP contribution < -0.4 is 5.73 Å². The third-order valence-electron chi connectivity index (χ3n) is 2.05. The van der Waals surface area contributed by atoms with Gasteiger partial charge in [0.2, 0.25) is 0 Å². The SMILES string of the molecule is NC(CN1CCOCC1CO)=NO. The van der Waals surface area contributed by atoms with Crippen molar-refractivity contribution >= 4 is 5.84 Å². The van der Waals surface area contributed by atoms with Crippen molar-refractivity contribution in [3.05, 3.63) is 0 Å². The summed E-state index contributed by atoms with van der Waals surface area (Å²) in [5.41, 5.74) is 5.36. The van der Waals surface area contributed by atoms with E-state index in [4.69, 9.17) is 20.8 Å². The zero-order chi connectivity index (χ0) is 9.68. The lowest BCUT2D eigenvalue weighted by Gasteiger charge is -2.33. The number of oxime groups is 1. The molecule has 4 N–H and O–H groups in total. The average Bonchev–Trinajstić information content (AvgIpc) is 2.18. The molecule has 0 amide bonds. The molecule has 6 heteroatoms. The van der Waals surface area contributed by atoms with Gasteiger partial charge in [-0.3, -0.25) is 4.90 Å². The summed E-state index contributed by atoms with van der Waals surface area (Å²) in [6.45, 7) is 2.20. The van der Waals surface area contributed by atoms with Crippen LogP contribution in [-0.4, -0.2) is 60.0 Å². The molecule has 1 saturated heterocycles. The lowest BCUT2D eigenvalue weighted by Crippen LogP contribution is -2.50. The Morgan fingerprint density at radius 3 is 3.08 bits per heavy atom. The fourth-order valence-corrected chi connectivity index (χ4v) is 1.31. The number of aliphatic hydroxyl groups is 1. The van der Waals surface area contributed by atoms with Gasteiger partial charge in [-0.1, -0.05) is 5.16 Å². The zero-order valence-corrected chi connectivity index (χ0v) is 7.39. The number of morpholine rings is 1. The molecule has 6 nitrogen and oxygen atoms in total. The van der Waals surface area contributed by atoms with E-state index in [0.717, 1.165) is 0 Å². The van der Waals surface area contributed by atoms with Gasteiger partial charge in [0.15, 0.2) is 5.84 Å². The van der Waals surface area contributed by atoms with Gasteiger partial charge >= 0.3 is 0 Å². The molecule has 0 aromatic heterocycles. The first-order chi connectivity index (χ1) is 6.27. The highest BCUT2D eigenvalue weighted by atomic mass is 16.5. The standard InChI is InChI=1S/C7H15N3O3/c8-7(9-12)3-10-1-2-13-5-6(10)4-11/h6,11-12H,1-5H2,(H2,8,9). The monoisotopic (exact) mass is 189 g/mol. The molecule has 1 aliphatic heterocycles. The second-order valence-corrected chi connectivity index (χ2v) is 2.97. The van der Waals surface area contributed by atoms with Crippen molar-refractivity contribution in [3.8, 4) is 0 Å². The molecular formula is C7H15N3O3. The number of nitrogens with zero attached hydrogens (tertiary/aromatic N) is 2. The molecule has 1 heterocycles. The Labute approximate surface area is 76.6 Å². The highest BCUT2D eigenvalue weighted by Crippen LogP contribution is 2.05. The molecule has 13 heavy (non-hydrogen) atoms. The highest BCUT2D eigenvalue weighted by Gasteiger charge is 2.22. The molecule has 1 atom stereocenters. The fourth-order valence-electron chi connectivity index (χ4n) is 1.31. The molecule has 0 saturated carbocycles. The molecule has 0 spiro atoms. The van der Waals surface area contributed by atoms with E-state index in [0.29, 0.717) is 26.3 Å². The van der Waals surface area contributed by atoms with Crippen LogP contribution in [0, 0.1) is 0 Å². The van der Waals surface area contributed by atoms with Crippen molar-refractivity contribution in [1.82, 2.24) is 4.90 Å². The molecule has 1 unspecified atom stereocenters. The lowest BCUT2D eigenvalue weighted by molar-refractivity contribution is -0.0203. The molecule has 1 rings (SSSR count). The second-order valence-electron chi connectivity index (χ2n) is 2.97. The van der Waals surface area contributed by atoms with Crippen LogP contribution in [0.2, 0.25) is 0 Å². The third-order valence-corrected chi connectivity index (χ3v) is 2.05. The van der Waals surface area contributed by atoms with Gasteiger partial charge in [-0.25, -0.2) is 0 Å². The van der Waals surface area contributed by atoms with Crippen molar-refractivity contribution in [2.45, 2.75) is 6.04 Å². The Kier molecular flexibility index (Phi) is 3.94. The third kappa shape index (κ3) is 2.83. The van der Waals surface area contributed by atoms with Crippen LogP contribution >= 0.6 is 0 Å². The lowest BCUT2D eigenvalue weighted by atomic mass is 10.2. The summed E-state index contributed by atoms with van der Waals surface area (Å²) in [5, 5.41) is 20.2. The van der Waals surface area contributed by atoms with Crippen LogP contribution in [0.25, 0.3) is 0 Å². The average molecular weight is 189 g/mol. The van der Waals surface area contributed by atoms with Crippen LogP contribution in [-0.2, 0) is 4.74 Å². The molecule has 1 aliphatic rings. The molecule has 1 fully saturated rings. The number of ether oxygens (including phenoxy) is 1. The molecule has 0 aromatic carbocycles. The van der Waals surface area contributed by atoms with E-state index in [9.17, 15) is 0 Å². The molecule has 0 aliphatic carbocycles. The van der Waals surface area contributed by atoms with E-state index >= 15 is 0 Å². The highest BCUT2D eigenvalue weighted by molar-refractivity contribution is 5.81. The Hall–Kier alpha value is -0.850. The van der Waals surface area contributed by atoms with Crippen molar-refractivity contribution < 1.29 is 15.1 Å². The quantitative estimate of drug-likeness (QED) is 0.216. The van der Waals surface area contributed by atoms with Crippen LogP contribution in [0.15, 0.2) is 5.16 Å². The molecule has 0 bridgehead atoms. The molecular weight excluding hydrogens is 174 g/mol. The summed E-state index contributed by atoms with van der Waals surface area (Å²) >= 11 is 0. The van der Waals surface area contributed by atoms with Gasteiger partial charge in [0.25, 0.3) is 0 Å². The minimum absolute atomic E-state index is 0.0265. The van der Waals surface area contributed by atoms with Crippen LogP contribution in [0.5, 0.6) is 0 Å². The molecule has 0 radical (unpaired) electrons. The van der Waals surface area contributed by atoms with E-state index < -0.39 is 0 Å². The second kappa shape index (κ2) is 5.00. The zero-order valence-electron chi connectivity index (χ0n) is 7.39. The van der Waals surface area contributed by atoms with Crippen LogP contribution in [0.4, 0.5) is 0 Å². The summed E-state index contributed by atoms with van der Waals surface area (Å²) in [4.78, 5) is 1.93.